The second-order valence-electron chi connectivity index (χ2n) is 6.27. The van der Waals surface area contributed by atoms with Crippen molar-refractivity contribution in [2.75, 3.05) is 0 Å². The number of aromatic nitrogens is 1. The first-order chi connectivity index (χ1) is 8.98. The van der Waals surface area contributed by atoms with Gasteiger partial charge in [0.25, 0.3) is 0 Å². The Hall–Kier alpha value is -1.83. The highest BCUT2D eigenvalue weighted by Gasteiger charge is 2.33. The minimum Gasteiger partial charge on any atom is -0.320 e. The zero-order valence-corrected chi connectivity index (χ0v) is 11.7. The molecule has 0 spiro atoms. The molecule has 0 N–H and O–H groups in total. The molecule has 98 valence electrons. The fourth-order valence-corrected chi connectivity index (χ4v) is 3.00. The van der Waals surface area contributed by atoms with Crippen molar-refractivity contribution in [1.29, 1.82) is 0 Å². The van der Waals surface area contributed by atoms with Crippen LogP contribution >= 0.6 is 0 Å². The van der Waals surface area contributed by atoms with Crippen LogP contribution in [0.15, 0.2) is 36.5 Å². The number of aryl methyl sites for hydroxylation is 1. The molecule has 0 aliphatic heterocycles. The van der Waals surface area contributed by atoms with E-state index in [2.05, 4.69) is 37.5 Å². The van der Waals surface area contributed by atoms with E-state index >= 15 is 0 Å². The molecule has 0 radical (unpaired) electrons. The molecule has 3 rings (SSSR count). The van der Waals surface area contributed by atoms with Crippen LogP contribution in [0.4, 0.5) is 0 Å². The third kappa shape index (κ3) is 2.01. The summed E-state index contributed by atoms with van der Waals surface area (Å²) in [5.41, 5.74) is 4.53. The summed E-state index contributed by atoms with van der Waals surface area (Å²) in [5.74, 6) is 0.276. The molecule has 0 unspecified atom stereocenters. The molecule has 19 heavy (non-hydrogen) atoms. The summed E-state index contributed by atoms with van der Waals surface area (Å²) in [6.45, 7) is 6.45. The maximum atomic E-state index is 12.2. The minimum atomic E-state index is 0.0584. The molecule has 0 atom stereocenters. The average Bonchev–Trinajstić information content (AvgIpc) is 2.72. The van der Waals surface area contributed by atoms with E-state index in [1.54, 1.807) is 0 Å². The summed E-state index contributed by atoms with van der Waals surface area (Å²) in [7, 11) is 0. The highest BCUT2D eigenvalue weighted by molar-refractivity contribution is 5.99. The van der Waals surface area contributed by atoms with Crippen molar-refractivity contribution in [3.05, 3.63) is 53.3 Å². The third-order valence-electron chi connectivity index (χ3n) is 3.95. The molecule has 1 aliphatic carbocycles. The number of para-hydroxylation sites is 1. The summed E-state index contributed by atoms with van der Waals surface area (Å²) in [5, 5.41) is 0. The van der Waals surface area contributed by atoms with E-state index in [1.165, 1.54) is 11.3 Å². The number of carbonyl (C=O) groups excluding carboxylic acids is 1. The van der Waals surface area contributed by atoms with Crippen LogP contribution in [0.3, 0.4) is 0 Å². The van der Waals surface area contributed by atoms with Crippen LogP contribution in [0.2, 0.25) is 0 Å². The normalized spacial score (nSPS) is 17.3. The molecule has 1 aromatic carbocycles. The molecule has 2 heteroatoms. The quantitative estimate of drug-likeness (QED) is 0.754. The predicted molar refractivity (Wildman–Crippen MR) is 76.9 cm³/mol. The van der Waals surface area contributed by atoms with Crippen LogP contribution in [0.25, 0.3) is 5.69 Å². The molecule has 0 fully saturated rings. The maximum Gasteiger partial charge on any atom is 0.165 e. The molecule has 1 aliphatic rings. The van der Waals surface area contributed by atoms with E-state index in [9.17, 15) is 4.79 Å². The van der Waals surface area contributed by atoms with Crippen LogP contribution in [0.1, 0.15) is 41.9 Å². The lowest BCUT2D eigenvalue weighted by Gasteiger charge is -2.30. The topological polar surface area (TPSA) is 22.0 Å². The molecule has 1 aromatic heterocycles. The SMILES string of the molecule is Cc1ccccc1-n1ccc2c1CC(C)(C)CC2=O. The second-order valence-corrected chi connectivity index (χ2v) is 6.27. The van der Waals surface area contributed by atoms with Gasteiger partial charge in [-0.05, 0) is 36.5 Å². The number of hydrogen-bond donors (Lipinski definition) is 0. The van der Waals surface area contributed by atoms with Gasteiger partial charge in [-0.1, -0.05) is 32.0 Å². The summed E-state index contributed by atoms with van der Waals surface area (Å²) in [6.07, 6.45) is 3.64. The lowest BCUT2D eigenvalue weighted by atomic mass is 9.76. The molecule has 0 saturated heterocycles. The first kappa shape index (κ1) is 12.2. The van der Waals surface area contributed by atoms with E-state index in [4.69, 9.17) is 0 Å². The number of Topliss-reactive ketones (excluding diaryl/α,β-unsaturated/α-hetero) is 1. The second kappa shape index (κ2) is 4.09. The molecule has 1 heterocycles. The zero-order valence-electron chi connectivity index (χ0n) is 11.7. The zero-order chi connectivity index (χ0) is 13.6. The van der Waals surface area contributed by atoms with Gasteiger partial charge in [-0.25, -0.2) is 0 Å². The Bertz CT molecular complexity index is 649. The summed E-state index contributed by atoms with van der Waals surface area (Å²) >= 11 is 0. The van der Waals surface area contributed by atoms with Gasteiger partial charge >= 0.3 is 0 Å². The van der Waals surface area contributed by atoms with Gasteiger partial charge in [-0.2, -0.15) is 0 Å². The Morgan fingerprint density at radius 3 is 2.58 bits per heavy atom. The van der Waals surface area contributed by atoms with Gasteiger partial charge in [0.05, 0.1) is 0 Å². The van der Waals surface area contributed by atoms with Crippen molar-refractivity contribution in [3.63, 3.8) is 0 Å². The molecule has 2 nitrogen and oxygen atoms in total. The fourth-order valence-electron chi connectivity index (χ4n) is 3.00. The van der Waals surface area contributed by atoms with Crippen molar-refractivity contribution in [2.24, 2.45) is 5.41 Å². The summed E-state index contributed by atoms with van der Waals surface area (Å²) in [6, 6.07) is 10.3. The number of benzene rings is 1. The Morgan fingerprint density at radius 1 is 1.11 bits per heavy atom. The molecule has 2 aromatic rings. The third-order valence-corrected chi connectivity index (χ3v) is 3.95. The number of fused-ring (bicyclic) bond motifs is 1. The molecular weight excluding hydrogens is 234 g/mol. The Morgan fingerprint density at radius 2 is 1.84 bits per heavy atom. The molecular formula is C17H19NO. The van der Waals surface area contributed by atoms with Crippen molar-refractivity contribution in [2.45, 2.75) is 33.6 Å². The van der Waals surface area contributed by atoms with E-state index < -0.39 is 0 Å². The monoisotopic (exact) mass is 253 g/mol. The first-order valence-corrected chi connectivity index (χ1v) is 6.77. The highest BCUT2D eigenvalue weighted by Crippen LogP contribution is 2.36. The van der Waals surface area contributed by atoms with Crippen LogP contribution in [0.5, 0.6) is 0 Å². The van der Waals surface area contributed by atoms with Gasteiger partial charge in [0.1, 0.15) is 0 Å². The minimum absolute atomic E-state index is 0.0584. The Balaban J connectivity index is 2.17. The molecule has 0 saturated carbocycles. The molecule has 0 bridgehead atoms. The number of ketones is 1. The predicted octanol–water partition coefficient (Wildman–Crippen LogP) is 3.94. The number of rotatable bonds is 1. The van der Waals surface area contributed by atoms with Gasteiger partial charge in [0.15, 0.2) is 5.78 Å². The first-order valence-electron chi connectivity index (χ1n) is 6.77. The maximum absolute atomic E-state index is 12.2. The van der Waals surface area contributed by atoms with Gasteiger partial charge in [-0.3, -0.25) is 4.79 Å². The van der Waals surface area contributed by atoms with E-state index in [1.807, 2.05) is 24.4 Å². The van der Waals surface area contributed by atoms with Crippen LogP contribution < -0.4 is 0 Å². The lowest BCUT2D eigenvalue weighted by molar-refractivity contribution is 0.0911. The van der Waals surface area contributed by atoms with Crippen LogP contribution in [-0.2, 0) is 6.42 Å². The van der Waals surface area contributed by atoms with Crippen molar-refractivity contribution in [3.8, 4) is 5.69 Å². The van der Waals surface area contributed by atoms with Gasteiger partial charge in [0.2, 0.25) is 0 Å². The number of carbonyl (C=O) groups is 1. The largest absolute Gasteiger partial charge is 0.320 e. The van der Waals surface area contributed by atoms with Gasteiger partial charge < -0.3 is 4.57 Å². The summed E-state index contributed by atoms with van der Waals surface area (Å²) in [4.78, 5) is 12.2. The Labute approximate surface area is 114 Å². The standard InChI is InChI=1S/C17H19NO/c1-12-6-4-5-7-14(12)18-9-8-13-15(18)10-17(2,3)11-16(13)19/h4-9H,10-11H2,1-3H3. The Kier molecular flexibility index (Phi) is 2.63. The van der Waals surface area contributed by atoms with E-state index in [0.717, 1.165) is 17.7 Å². The van der Waals surface area contributed by atoms with E-state index in [0.29, 0.717) is 6.42 Å². The van der Waals surface area contributed by atoms with Crippen molar-refractivity contribution < 1.29 is 4.79 Å². The smallest absolute Gasteiger partial charge is 0.165 e. The number of hydrogen-bond acceptors (Lipinski definition) is 1. The van der Waals surface area contributed by atoms with Gasteiger partial charge in [-0.15, -0.1) is 0 Å². The number of nitrogens with zero attached hydrogens (tertiary/aromatic N) is 1. The van der Waals surface area contributed by atoms with Crippen molar-refractivity contribution >= 4 is 5.78 Å². The van der Waals surface area contributed by atoms with Crippen molar-refractivity contribution in [1.82, 2.24) is 4.57 Å². The van der Waals surface area contributed by atoms with E-state index in [-0.39, 0.29) is 11.2 Å². The lowest BCUT2D eigenvalue weighted by Crippen LogP contribution is -2.27. The van der Waals surface area contributed by atoms with Crippen LogP contribution in [0, 0.1) is 12.3 Å². The van der Waals surface area contributed by atoms with Gasteiger partial charge in [0, 0.05) is 29.6 Å². The average molecular weight is 253 g/mol. The fraction of sp³-hybridized carbons (Fsp3) is 0.353. The summed E-state index contributed by atoms with van der Waals surface area (Å²) < 4.78 is 2.18. The highest BCUT2D eigenvalue weighted by atomic mass is 16.1. The molecule has 0 amide bonds. The van der Waals surface area contributed by atoms with Crippen LogP contribution in [-0.4, -0.2) is 10.4 Å².